The zero-order chi connectivity index (χ0) is 17.5. The highest BCUT2D eigenvalue weighted by Gasteiger charge is 2.40. The van der Waals surface area contributed by atoms with Crippen LogP contribution in [0.3, 0.4) is 0 Å². The highest BCUT2D eigenvalue weighted by atomic mass is 16.5. The van der Waals surface area contributed by atoms with Crippen LogP contribution in [0.2, 0.25) is 0 Å². The molecule has 1 amide bonds. The highest BCUT2D eigenvalue weighted by Crippen LogP contribution is 2.31. The fourth-order valence-electron chi connectivity index (χ4n) is 2.97. The Balaban J connectivity index is 2.99. The number of carbonyl (C=O) groups excluding carboxylic acids is 1. The van der Waals surface area contributed by atoms with E-state index in [1.165, 1.54) is 0 Å². The third kappa shape index (κ3) is 5.87. The van der Waals surface area contributed by atoms with Gasteiger partial charge in [0.1, 0.15) is 11.4 Å². The summed E-state index contributed by atoms with van der Waals surface area (Å²) < 4.78 is 11.1. The number of nitrogens with one attached hydrogen (secondary N) is 1. The van der Waals surface area contributed by atoms with Gasteiger partial charge in [-0.05, 0) is 55.9 Å². The number of rotatable bonds is 9. The third-order valence-electron chi connectivity index (χ3n) is 3.66. The SMILES string of the molecule is CCOC(CC(C)C)(CC(C)C)C(=O)Nc1ccc(OC)cc1. The molecule has 1 rings (SSSR count). The number of hydrogen-bond acceptors (Lipinski definition) is 3. The maximum atomic E-state index is 13.0. The van der Waals surface area contributed by atoms with E-state index in [0.717, 1.165) is 11.4 Å². The topological polar surface area (TPSA) is 47.6 Å². The lowest BCUT2D eigenvalue weighted by Gasteiger charge is -2.35. The van der Waals surface area contributed by atoms with Gasteiger partial charge in [0.2, 0.25) is 0 Å². The van der Waals surface area contributed by atoms with Gasteiger partial charge in [0.15, 0.2) is 0 Å². The minimum Gasteiger partial charge on any atom is -0.497 e. The molecule has 0 unspecified atom stereocenters. The predicted molar refractivity (Wildman–Crippen MR) is 94.9 cm³/mol. The Morgan fingerprint density at radius 3 is 2.00 bits per heavy atom. The number of carbonyl (C=O) groups is 1. The van der Waals surface area contributed by atoms with Gasteiger partial charge in [-0.25, -0.2) is 0 Å². The molecule has 0 saturated carbocycles. The Bertz CT molecular complexity index is 470. The van der Waals surface area contributed by atoms with Gasteiger partial charge in [-0.15, -0.1) is 0 Å². The normalized spacial score (nSPS) is 11.8. The first kappa shape index (κ1) is 19.5. The molecule has 0 fully saturated rings. The van der Waals surface area contributed by atoms with E-state index in [-0.39, 0.29) is 5.91 Å². The third-order valence-corrected chi connectivity index (χ3v) is 3.66. The molecule has 0 aliphatic rings. The Morgan fingerprint density at radius 1 is 1.09 bits per heavy atom. The lowest BCUT2D eigenvalue weighted by Crippen LogP contribution is -2.47. The molecule has 4 nitrogen and oxygen atoms in total. The summed E-state index contributed by atoms with van der Waals surface area (Å²) in [4.78, 5) is 13.0. The monoisotopic (exact) mass is 321 g/mol. The van der Waals surface area contributed by atoms with Crippen LogP contribution >= 0.6 is 0 Å². The van der Waals surface area contributed by atoms with Crippen LogP contribution in [0.1, 0.15) is 47.5 Å². The molecule has 0 aliphatic heterocycles. The molecule has 4 heteroatoms. The molecule has 0 spiro atoms. The number of anilines is 1. The molecule has 0 bridgehead atoms. The van der Waals surface area contributed by atoms with Crippen molar-refractivity contribution >= 4 is 11.6 Å². The molecule has 0 aromatic heterocycles. The number of amides is 1. The van der Waals surface area contributed by atoms with E-state index in [9.17, 15) is 4.79 Å². The fourth-order valence-corrected chi connectivity index (χ4v) is 2.97. The molecule has 1 aromatic carbocycles. The summed E-state index contributed by atoms with van der Waals surface area (Å²) in [5.41, 5.74) is -0.0239. The average Bonchev–Trinajstić information content (AvgIpc) is 2.46. The van der Waals surface area contributed by atoms with Gasteiger partial charge >= 0.3 is 0 Å². The van der Waals surface area contributed by atoms with Crippen molar-refractivity contribution < 1.29 is 14.3 Å². The van der Waals surface area contributed by atoms with Crippen molar-refractivity contribution in [1.82, 2.24) is 0 Å². The molecule has 0 saturated heterocycles. The molecule has 1 N–H and O–H groups in total. The first-order valence-electron chi connectivity index (χ1n) is 8.42. The van der Waals surface area contributed by atoms with Crippen LogP contribution in [0, 0.1) is 11.8 Å². The lowest BCUT2D eigenvalue weighted by atomic mass is 9.83. The van der Waals surface area contributed by atoms with Gasteiger partial charge in [0.25, 0.3) is 5.91 Å². The Kier molecular flexibility index (Phi) is 7.56. The summed E-state index contributed by atoms with van der Waals surface area (Å²) in [6, 6.07) is 7.36. The largest absolute Gasteiger partial charge is 0.497 e. The molecule has 0 heterocycles. The maximum Gasteiger partial charge on any atom is 0.256 e. The van der Waals surface area contributed by atoms with Crippen molar-refractivity contribution in [3.63, 3.8) is 0 Å². The average molecular weight is 321 g/mol. The van der Waals surface area contributed by atoms with Crippen LogP contribution in [0.15, 0.2) is 24.3 Å². The second-order valence-corrected chi connectivity index (χ2v) is 6.81. The van der Waals surface area contributed by atoms with Gasteiger partial charge in [-0.1, -0.05) is 27.7 Å². The Morgan fingerprint density at radius 2 is 1.61 bits per heavy atom. The fraction of sp³-hybridized carbons (Fsp3) is 0.632. The zero-order valence-electron chi connectivity index (χ0n) is 15.3. The molecule has 1 aromatic rings. The van der Waals surface area contributed by atoms with Gasteiger partial charge in [0.05, 0.1) is 7.11 Å². The summed E-state index contributed by atoms with van der Waals surface area (Å²) in [6.45, 7) is 10.9. The first-order chi connectivity index (χ1) is 10.8. The summed E-state index contributed by atoms with van der Waals surface area (Å²) in [7, 11) is 1.62. The van der Waals surface area contributed by atoms with Crippen molar-refractivity contribution in [1.29, 1.82) is 0 Å². The van der Waals surface area contributed by atoms with Gasteiger partial charge < -0.3 is 14.8 Å². The second kappa shape index (κ2) is 8.92. The zero-order valence-corrected chi connectivity index (χ0v) is 15.3. The number of hydrogen-bond donors (Lipinski definition) is 1. The molecule has 23 heavy (non-hydrogen) atoms. The summed E-state index contributed by atoms with van der Waals surface area (Å²) in [5, 5.41) is 3.01. The van der Waals surface area contributed by atoms with E-state index < -0.39 is 5.60 Å². The first-order valence-corrected chi connectivity index (χ1v) is 8.42. The summed E-state index contributed by atoms with van der Waals surface area (Å²) in [5.74, 6) is 1.46. The van der Waals surface area contributed by atoms with Crippen LogP contribution in [-0.2, 0) is 9.53 Å². The minimum atomic E-state index is -0.781. The van der Waals surface area contributed by atoms with Gasteiger partial charge in [-0.2, -0.15) is 0 Å². The summed E-state index contributed by atoms with van der Waals surface area (Å²) >= 11 is 0. The number of benzene rings is 1. The Hall–Kier alpha value is -1.55. The molecule has 0 radical (unpaired) electrons. The van der Waals surface area contributed by atoms with Crippen molar-refractivity contribution in [2.45, 2.75) is 53.1 Å². The highest BCUT2D eigenvalue weighted by molar-refractivity contribution is 5.97. The predicted octanol–water partition coefficient (Wildman–Crippen LogP) is 4.50. The van der Waals surface area contributed by atoms with Crippen molar-refractivity contribution in [3.8, 4) is 5.75 Å². The van der Waals surface area contributed by atoms with Crippen LogP contribution in [-0.4, -0.2) is 25.2 Å². The van der Waals surface area contributed by atoms with E-state index in [1.54, 1.807) is 7.11 Å². The van der Waals surface area contributed by atoms with Crippen LogP contribution in [0.5, 0.6) is 5.75 Å². The van der Waals surface area contributed by atoms with Crippen molar-refractivity contribution in [2.24, 2.45) is 11.8 Å². The number of methoxy groups -OCH3 is 1. The molecule has 0 aliphatic carbocycles. The van der Waals surface area contributed by atoms with Gasteiger partial charge in [0, 0.05) is 12.3 Å². The molecule has 130 valence electrons. The smallest absolute Gasteiger partial charge is 0.256 e. The maximum absolute atomic E-state index is 13.0. The second-order valence-electron chi connectivity index (χ2n) is 6.81. The van der Waals surface area contributed by atoms with E-state index >= 15 is 0 Å². The summed E-state index contributed by atoms with van der Waals surface area (Å²) in [6.07, 6.45) is 1.42. The van der Waals surface area contributed by atoms with Crippen LogP contribution < -0.4 is 10.1 Å². The van der Waals surface area contributed by atoms with Crippen LogP contribution in [0.25, 0.3) is 0 Å². The quantitative estimate of drug-likeness (QED) is 0.728. The van der Waals surface area contributed by atoms with Crippen molar-refractivity contribution in [3.05, 3.63) is 24.3 Å². The standard InChI is InChI=1S/C19H31NO3/c1-7-23-19(12-14(2)3,13-15(4)5)18(21)20-16-8-10-17(22-6)11-9-16/h8-11,14-15H,7,12-13H2,1-6H3,(H,20,21). The molecular weight excluding hydrogens is 290 g/mol. The minimum absolute atomic E-state index is 0.0630. The van der Waals surface area contributed by atoms with E-state index in [4.69, 9.17) is 9.47 Å². The molecular formula is C19H31NO3. The van der Waals surface area contributed by atoms with E-state index in [0.29, 0.717) is 31.3 Å². The van der Waals surface area contributed by atoms with Crippen molar-refractivity contribution in [2.75, 3.05) is 19.0 Å². The van der Waals surface area contributed by atoms with E-state index in [2.05, 4.69) is 33.0 Å². The number of ether oxygens (including phenoxy) is 2. The van der Waals surface area contributed by atoms with Crippen LogP contribution in [0.4, 0.5) is 5.69 Å². The lowest BCUT2D eigenvalue weighted by molar-refractivity contribution is -0.146. The Labute approximate surface area is 140 Å². The van der Waals surface area contributed by atoms with Gasteiger partial charge in [-0.3, -0.25) is 4.79 Å². The molecule has 0 atom stereocenters. The van der Waals surface area contributed by atoms with E-state index in [1.807, 2.05) is 31.2 Å².